The summed E-state index contributed by atoms with van der Waals surface area (Å²) >= 11 is 3.46. The van der Waals surface area contributed by atoms with Crippen LogP contribution in [-0.4, -0.2) is 14.2 Å². The number of nitrogens with zero attached hydrogens (tertiary/aromatic N) is 2. The normalized spacial score (nSPS) is 13.0. The van der Waals surface area contributed by atoms with Gasteiger partial charge in [0.05, 0.1) is 11.0 Å². The summed E-state index contributed by atoms with van der Waals surface area (Å²) < 4.78 is 9.35. The third-order valence-corrected chi connectivity index (χ3v) is 4.40. The predicted molar refractivity (Wildman–Crippen MR) is 83.4 cm³/mol. The number of halogens is 1. The lowest BCUT2D eigenvalue weighted by Crippen LogP contribution is -2.19. The second-order valence-corrected chi connectivity index (χ2v) is 5.97. The number of aromatic nitrogens is 2. The van der Waals surface area contributed by atoms with Crippen LogP contribution in [0.5, 0.6) is 0 Å². The van der Waals surface area contributed by atoms with Gasteiger partial charge in [0, 0.05) is 24.1 Å². The van der Waals surface area contributed by atoms with Gasteiger partial charge < -0.3 is 9.52 Å². The van der Waals surface area contributed by atoms with Crippen LogP contribution in [0.3, 0.4) is 0 Å². The van der Waals surface area contributed by atoms with Gasteiger partial charge in [0.2, 0.25) is 0 Å². The SMILES string of the molecule is Cc1ccc(C(O)c2cc3c(cc2Br)n(C)c(=O)n3C)o1. The molecule has 0 amide bonds. The zero-order valence-electron chi connectivity index (χ0n) is 11.9. The summed E-state index contributed by atoms with van der Waals surface area (Å²) in [6.07, 6.45) is -0.882. The Morgan fingerprint density at radius 3 is 2.38 bits per heavy atom. The molecule has 110 valence electrons. The van der Waals surface area contributed by atoms with Crippen molar-refractivity contribution in [1.82, 2.24) is 9.13 Å². The standard InChI is InChI=1S/C15H15BrN2O3/c1-8-4-5-13(21-8)14(19)9-6-11-12(7-10(9)16)18(3)15(20)17(11)2/h4-7,14,19H,1-3H3. The number of aliphatic hydroxyl groups excluding tert-OH is 1. The van der Waals surface area contributed by atoms with Gasteiger partial charge in [0.25, 0.3) is 0 Å². The van der Waals surface area contributed by atoms with Crippen molar-refractivity contribution in [2.45, 2.75) is 13.0 Å². The lowest BCUT2D eigenvalue weighted by molar-refractivity contribution is 0.187. The summed E-state index contributed by atoms with van der Waals surface area (Å²) in [6, 6.07) is 7.21. The zero-order valence-corrected chi connectivity index (χ0v) is 13.5. The summed E-state index contributed by atoms with van der Waals surface area (Å²) in [5, 5.41) is 10.5. The molecule has 0 aliphatic heterocycles. The molecule has 1 N–H and O–H groups in total. The fourth-order valence-electron chi connectivity index (χ4n) is 2.50. The van der Waals surface area contributed by atoms with Crippen LogP contribution in [0.4, 0.5) is 0 Å². The van der Waals surface area contributed by atoms with Crippen LogP contribution in [0.25, 0.3) is 11.0 Å². The summed E-state index contributed by atoms with van der Waals surface area (Å²) in [7, 11) is 3.44. The molecule has 0 spiro atoms. The molecule has 1 atom stereocenters. The maximum Gasteiger partial charge on any atom is 0.328 e. The van der Waals surface area contributed by atoms with Crippen molar-refractivity contribution in [2.75, 3.05) is 0 Å². The van der Waals surface area contributed by atoms with Gasteiger partial charge in [-0.2, -0.15) is 0 Å². The third kappa shape index (κ3) is 2.15. The van der Waals surface area contributed by atoms with Crippen LogP contribution in [0.2, 0.25) is 0 Å². The zero-order chi connectivity index (χ0) is 15.3. The van der Waals surface area contributed by atoms with Crippen LogP contribution in [-0.2, 0) is 14.1 Å². The van der Waals surface area contributed by atoms with E-state index in [1.54, 1.807) is 29.3 Å². The summed E-state index contributed by atoms with van der Waals surface area (Å²) in [6.45, 7) is 1.83. The van der Waals surface area contributed by atoms with E-state index in [-0.39, 0.29) is 5.69 Å². The van der Waals surface area contributed by atoms with E-state index >= 15 is 0 Å². The monoisotopic (exact) mass is 350 g/mol. The Balaban J connectivity index is 2.21. The first-order chi connectivity index (χ1) is 9.90. The predicted octanol–water partition coefficient (Wildman–Crippen LogP) is 2.62. The quantitative estimate of drug-likeness (QED) is 0.772. The molecular weight excluding hydrogens is 336 g/mol. The van der Waals surface area contributed by atoms with E-state index in [4.69, 9.17) is 4.42 Å². The molecule has 6 heteroatoms. The molecule has 3 rings (SSSR count). The Bertz CT molecular complexity index is 888. The van der Waals surface area contributed by atoms with Gasteiger partial charge in [-0.05, 0) is 31.2 Å². The highest BCUT2D eigenvalue weighted by molar-refractivity contribution is 9.10. The van der Waals surface area contributed by atoms with E-state index in [1.165, 1.54) is 0 Å². The number of hydrogen-bond acceptors (Lipinski definition) is 3. The molecule has 21 heavy (non-hydrogen) atoms. The molecule has 3 aromatic rings. The molecule has 1 aromatic carbocycles. The molecule has 0 saturated heterocycles. The Morgan fingerprint density at radius 2 is 1.81 bits per heavy atom. The van der Waals surface area contributed by atoms with Crippen molar-refractivity contribution < 1.29 is 9.52 Å². The minimum absolute atomic E-state index is 0.0996. The fourth-order valence-corrected chi connectivity index (χ4v) is 3.05. The first kappa shape index (κ1) is 14.2. The maximum absolute atomic E-state index is 12.0. The molecule has 0 radical (unpaired) electrons. The molecule has 0 saturated carbocycles. The van der Waals surface area contributed by atoms with Crippen LogP contribution in [0.15, 0.2) is 37.9 Å². The summed E-state index contributed by atoms with van der Waals surface area (Å²) in [4.78, 5) is 12.0. The second kappa shape index (κ2) is 4.89. The van der Waals surface area contributed by atoms with Crippen molar-refractivity contribution in [3.8, 4) is 0 Å². The lowest BCUT2D eigenvalue weighted by Gasteiger charge is -2.11. The summed E-state index contributed by atoms with van der Waals surface area (Å²) in [5.74, 6) is 1.22. The highest BCUT2D eigenvalue weighted by atomic mass is 79.9. The Hall–Kier alpha value is -1.79. The van der Waals surface area contributed by atoms with E-state index in [2.05, 4.69) is 15.9 Å². The molecule has 0 aliphatic carbocycles. The van der Waals surface area contributed by atoms with E-state index in [1.807, 2.05) is 25.1 Å². The van der Waals surface area contributed by atoms with Gasteiger partial charge in [-0.15, -0.1) is 0 Å². The number of aliphatic hydroxyl groups is 1. The van der Waals surface area contributed by atoms with Crippen LogP contribution in [0.1, 0.15) is 23.2 Å². The fraction of sp³-hybridized carbons (Fsp3) is 0.267. The van der Waals surface area contributed by atoms with Gasteiger partial charge in [0.1, 0.15) is 17.6 Å². The van der Waals surface area contributed by atoms with Crippen molar-refractivity contribution >= 4 is 27.0 Å². The number of aryl methyl sites for hydroxylation is 3. The highest BCUT2D eigenvalue weighted by Gasteiger charge is 2.20. The second-order valence-electron chi connectivity index (χ2n) is 5.11. The number of fused-ring (bicyclic) bond motifs is 1. The largest absolute Gasteiger partial charge is 0.463 e. The average Bonchev–Trinajstić information content (AvgIpc) is 2.97. The van der Waals surface area contributed by atoms with Crippen LogP contribution < -0.4 is 5.69 Å². The number of benzene rings is 1. The molecule has 2 heterocycles. The molecule has 0 aliphatic rings. The Kier molecular flexibility index (Phi) is 3.30. The minimum Gasteiger partial charge on any atom is -0.463 e. The van der Waals surface area contributed by atoms with E-state index in [0.29, 0.717) is 11.3 Å². The molecule has 1 unspecified atom stereocenters. The van der Waals surface area contributed by atoms with Crippen LogP contribution >= 0.6 is 15.9 Å². The molecule has 5 nitrogen and oxygen atoms in total. The van der Waals surface area contributed by atoms with Gasteiger partial charge in [-0.1, -0.05) is 15.9 Å². The number of hydrogen-bond donors (Lipinski definition) is 1. The van der Waals surface area contributed by atoms with Gasteiger partial charge >= 0.3 is 5.69 Å². The van der Waals surface area contributed by atoms with Crippen molar-refractivity contribution in [1.29, 1.82) is 0 Å². The first-order valence-corrected chi connectivity index (χ1v) is 7.28. The number of imidazole rings is 1. The average molecular weight is 351 g/mol. The first-order valence-electron chi connectivity index (χ1n) is 6.49. The van der Waals surface area contributed by atoms with Gasteiger partial charge in [-0.25, -0.2) is 4.79 Å². The Morgan fingerprint density at radius 1 is 1.19 bits per heavy atom. The highest BCUT2D eigenvalue weighted by Crippen LogP contribution is 2.32. The Labute approximate surface area is 129 Å². The number of rotatable bonds is 2. The topological polar surface area (TPSA) is 60.3 Å². The maximum atomic E-state index is 12.0. The smallest absolute Gasteiger partial charge is 0.328 e. The van der Waals surface area contributed by atoms with Crippen molar-refractivity contribution in [3.05, 3.63) is 56.3 Å². The molecule has 2 aromatic heterocycles. The van der Waals surface area contributed by atoms with Crippen molar-refractivity contribution in [2.24, 2.45) is 14.1 Å². The molecule has 0 bridgehead atoms. The van der Waals surface area contributed by atoms with Crippen LogP contribution in [0, 0.1) is 6.92 Å². The summed E-state index contributed by atoms with van der Waals surface area (Å²) in [5.41, 5.74) is 2.14. The van der Waals surface area contributed by atoms with Crippen molar-refractivity contribution in [3.63, 3.8) is 0 Å². The van der Waals surface area contributed by atoms with E-state index < -0.39 is 6.10 Å². The van der Waals surface area contributed by atoms with E-state index in [9.17, 15) is 9.90 Å². The third-order valence-electron chi connectivity index (χ3n) is 3.72. The van der Waals surface area contributed by atoms with E-state index in [0.717, 1.165) is 21.3 Å². The molecular formula is C15H15BrN2O3. The lowest BCUT2D eigenvalue weighted by atomic mass is 10.1. The minimum atomic E-state index is -0.882. The number of furan rings is 1. The molecule has 0 fully saturated rings. The van der Waals surface area contributed by atoms with Gasteiger partial charge in [-0.3, -0.25) is 9.13 Å². The van der Waals surface area contributed by atoms with Gasteiger partial charge in [0.15, 0.2) is 0 Å².